The van der Waals surface area contributed by atoms with Gasteiger partial charge in [0.25, 0.3) is 0 Å². The van der Waals surface area contributed by atoms with Crippen LogP contribution in [0, 0.1) is 5.92 Å². The summed E-state index contributed by atoms with van der Waals surface area (Å²) >= 11 is 0. The van der Waals surface area contributed by atoms with Crippen molar-refractivity contribution in [2.45, 2.75) is 18.9 Å². The second kappa shape index (κ2) is 4.71. The Bertz CT molecular complexity index is 511. The molecule has 0 aromatic carbocycles. The van der Waals surface area contributed by atoms with Crippen LogP contribution in [0.4, 0.5) is 4.79 Å². The number of dihydropyridines is 1. The number of nitrogens with two attached hydrogens (primary N) is 2. The largest absolute Gasteiger partial charge is 0.480 e. The Labute approximate surface area is 108 Å². The van der Waals surface area contributed by atoms with Gasteiger partial charge in [0.2, 0.25) is 5.91 Å². The number of hydrogen-bond donors (Lipinski definition) is 3. The second-order valence-corrected chi connectivity index (χ2v) is 4.50. The number of urea groups is 1. The van der Waals surface area contributed by atoms with Crippen molar-refractivity contribution in [3.05, 3.63) is 11.6 Å². The lowest BCUT2D eigenvalue weighted by molar-refractivity contribution is -0.165. The minimum atomic E-state index is -1.23. The number of likely N-dealkylation sites (tertiary alicyclic amines) is 1. The summed E-state index contributed by atoms with van der Waals surface area (Å²) in [7, 11) is 0. The number of rotatable bonds is 3. The maximum atomic E-state index is 11.7. The average Bonchev–Trinajstić information content (AvgIpc) is 2.31. The van der Waals surface area contributed by atoms with Crippen LogP contribution in [0.1, 0.15) is 12.8 Å². The lowest BCUT2D eigenvalue weighted by atomic mass is 9.81. The Balaban J connectivity index is 2.12. The number of carboxylic acid groups (broad SMARTS) is 1. The molecule has 0 bridgehead atoms. The predicted molar refractivity (Wildman–Crippen MR) is 65.1 cm³/mol. The number of aliphatic imine (C=N–C) groups is 1. The summed E-state index contributed by atoms with van der Waals surface area (Å²) in [5, 5.41) is 9.05. The van der Waals surface area contributed by atoms with Crippen LogP contribution in [0.2, 0.25) is 0 Å². The summed E-state index contributed by atoms with van der Waals surface area (Å²) in [6, 6.07) is -2.22. The molecule has 2 heterocycles. The molecule has 0 radical (unpaired) electrons. The zero-order chi connectivity index (χ0) is 14.2. The van der Waals surface area contributed by atoms with E-state index in [0.29, 0.717) is 23.7 Å². The fourth-order valence-corrected chi connectivity index (χ4v) is 2.37. The van der Waals surface area contributed by atoms with E-state index < -0.39 is 29.9 Å². The van der Waals surface area contributed by atoms with Crippen LogP contribution < -0.4 is 11.5 Å². The second-order valence-electron chi connectivity index (χ2n) is 4.50. The van der Waals surface area contributed by atoms with Crippen LogP contribution in [-0.2, 0) is 9.59 Å². The molecule has 0 saturated carbocycles. The van der Waals surface area contributed by atoms with Crippen LogP contribution in [0.3, 0.4) is 0 Å². The normalized spacial score (nSPS) is 26.3. The molecule has 8 heteroatoms. The Morgan fingerprint density at radius 2 is 2.21 bits per heavy atom. The molecular formula is C11H14N4O4. The third kappa shape index (κ3) is 2.28. The van der Waals surface area contributed by atoms with E-state index in [4.69, 9.17) is 16.6 Å². The van der Waals surface area contributed by atoms with Crippen molar-refractivity contribution in [3.8, 4) is 0 Å². The maximum Gasteiger partial charge on any atom is 0.327 e. The molecule has 1 fully saturated rings. The SMILES string of the molecule is NC(=O)N1C(=O)[C@H](CC2=CC(N)=NCC2)[C@H]1C(=O)O. The minimum absolute atomic E-state index is 0.260. The van der Waals surface area contributed by atoms with E-state index in [1.54, 1.807) is 6.08 Å². The fraction of sp³-hybridized carbons (Fsp3) is 0.455. The Morgan fingerprint density at radius 1 is 1.53 bits per heavy atom. The number of carboxylic acids is 1. The van der Waals surface area contributed by atoms with E-state index in [0.717, 1.165) is 5.57 Å². The number of β-lactam (4-membered cyclic amide) rings is 1. The lowest BCUT2D eigenvalue weighted by Crippen LogP contribution is -2.67. The van der Waals surface area contributed by atoms with Crippen molar-refractivity contribution in [1.29, 1.82) is 0 Å². The van der Waals surface area contributed by atoms with Crippen LogP contribution in [0.5, 0.6) is 0 Å². The Kier molecular flexibility index (Phi) is 3.24. The molecule has 2 atom stereocenters. The van der Waals surface area contributed by atoms with Gasteiger partial charge in [0.05, 0.1) is 5.92 Å². The Hall–Kier alpha value is -2.38. The highest BCUT2D eigenvalue weighted by atomic mass is 16.4. The molecule has 19 heavy (non-hydrogen) atoms. The maximum absolute atomic E-state index is 11.7. The number of imide groups is 1. The molecule has 3 amide bonds. The van der Waals surface area contributed by atoms with Crippen molar-refractivity contribution in [2.75, 3.05) is 6.54 Å². The molecule has 0 aromatic heterocycles. The molecule has 0 unspecified atom stereocenters. The molecule has 102 valence electrons. The van der Waals surface area contributed by atoms with Gasteiger partial charge in [-0.05, 0) is 18.9 Å². The molecule has 2 aliphatic rings. The standard InChI is InChI=1S/C11H14N4O4/c12-7-4-5(1-2-14-7)3-6-8(10(17)18)15(9(6)16)11(13)19/h4,6,8H,1-3H2,(H2,12,14)(H2,13,19)(H,17,18)/t6-,8+/m1/s1. The van der Waals surface area contributed by atoms with Crippen LogP contribution in [-0.4, -0.2) is 46.3 Å². The summed E-state index contributed by atoms with van der Waals surface area (Å²) in [6.45, 7) is 0.524. The molecule has 2 rings (SSSR count). The summed E-state index contributed by atoms with van der Waals surface area (Å²) in [5.41, 5.74) is 11.4. The molecule has 1 saturated heterocycles. The van der Waals surface area contributed by atoms with Crippen molar-refractivity contribution >= 4 is 23.7 Å². The molecule has 0 aliphatic carbocycles. The monoisotopic (exact) mass is 266 g/mol. The number of nitrogens with zero attached hydrogens (tertiary/aromatic N) is 2. The first-order valence-corrected chi connectivity index (χ1v) is 5.76. The minimum Gasteiger partial charge on any atom is -0.480 e. The molecule has 0 aromatic rings. The van der Waals surface area contributed by atoms with Gasteiger partial charge in [-0.15, -0.1) is 0 Å². The highest BCUT2D eigenvalue weighted by Crippen LogP contribution is 2.33. The molecule has 0 spiro atoms. The van der Waals surface area contributed by atoms with Gasteiger partial charge in [0.1, 0.15) is 5.84 Å². The van der Waals surface area contributed by atoms with Gasteiger partial charge in [0, 0.05) is 6.54 Å². The number of amidine groups is 1. The Morgan fingerprint density at radius 3 is 2.74 bits per heavy atom. The van der Waals surface area contributed by atoms with Gasteiger partial charge >= 0.3 is 12.0 Å². The van der Waals surface area contributed by atoms with Gasteiger partial charge in [-0.3, -0.25) is 9.79 Å². The van der Waals surface area contributed by atoms with E-state index >= 15 is 0 Å². The summed E-state index contributed by atoms with van der Waals surface area (Å²) in [6.07, 6.45) is 2.53. The number of amides is 3. The number of primary amides is 1. The smallest absolute Gasteiger partial charge is 0.327 e. The van der Waals surface area contributed by atoms with Crippen LogP contribution in [0.25, 0.3) is 0 Å². The fourth-order valence-electron chi connectivity index (χ4n) is 2.37. The molecular weight excluding hydrogens is 252 g/mol. The van der Waals surface area contributed by atoms with Crippen molar-refractivity contribution in [2.24, 2.45) is 22.4 Å². The average molecular weight is 266 g/mol. The quantitative estimate of drug-likeness (QED) is 0.565. The topological polar surface area (TPSA) is 139 Å². The van der Waals surface area contributed by atoms with Gasteiger partial charge in [-0.2, -0.15) is 0 Å². The van der Waals surface area contributed by atoms with E-state index in [1.807, 2.05) is 0 Å². The van der Waals surface area contributed by atoms with Gasteiger partial charge < -0.3 is 16.6 Å². The predicted octanol–water partition coefficient (Wildman–Crippen LogP) is -0.946. The van der Waals surface area contributed by atoms with E-state index in [9.17, 15) is 14.4 Å². The van der Waals surface area contributed by atoms with E-state index in [2.05, 4.69) is 4.99 Å². The first-order chi connectivity index (χ1) is 8.91. The van der Waals surface area contributed by atoms with Gasteiger partial charge in [0.15, 0.2) is 6.04 Å². The van der Waals surface area contributed by atoms with Crippen LogP contribution >= 0.6 is 0 Å². The summed E-state index contributed by atoms with van der Waals surface area (Å²) in [5.74, 6) is -2.18. The van der Waals surface area contributed by atoms with Crippen molar-refractivity contribution in [1.82, 2.24) is 4.90 Å². The first-order valence-electron chi connectivity index (χ1n) is 5.76. The summed E-state index contributed by atoms with van der Waals surface area (Å²) < 4.78 is 0. The molecule has 5 N–H and O–H groups in total. The van der Waals surface area contributed by atoms with E-state index in [1.165, 1.54) is 0 Å². The number of carbonyl (C=O) groups is 3. The highest BCUT2D eigenvalue weighted by molar-refractivity contribution is 6.07. The third-order valence-electron chi connectivity index (χ3n) is 3.27. The number of aliphatic carboxylic acids is 1. The summed E-state index contributed by atoms with van der Waals surface area (Å²) in [4.78, 5) is 38.4. The van der Waals surface area contributed by atoms with Crippen molar-refractivity contribution < 1.29 is 19.5 Å². The number of hydrogen-bond acceptors (Lipinski definition) is 5. The molecule has 2 aliphatic heterocycles. The van der Waals surface area contributed by atoms with Crippen molar-refractivity contribution in [3.63, 3.8) is 0 Å². The number of carbonyl (C=O) groups excluding carboxylic acids is 2. The van der Waals surface area contributed by atoms with E-state index in [-0.39, 0.29) is 6.42 Å². The first kappa shape index (κ1) is 13.1. The third-order valence-corrected chi connectivity index (χ3v) is 3.27. The van der Waals surface area contributed by atoms with Gasteiger partial charge in [-0.1, -0.05) is 5.57 Å². The zero-order valence-electron chi connectivity index (χ0n) is 10.1. The van der Waals surface area contributed by atoms with Crippen LogP contribution in [0.15, 0.2) is 16.6 Å². The highest BCUT2D eigenvalue weighted by Gasteiger charge is 2.54. The molecule has 8 nitrogen and oxygen atoms in total. The zero-order valence-corrected chi connectivity index (χ0v) is 10.1. The van der Waals surface area contributed by atoms with Gasteiger partial charge in [-0.25, -0.2) is 14.5 Å². The lowest BCUT2D eigenvalue weighted by Gasteiger charge is -2.42.